The van der Waals surface area contributed by atoms with Gasteiger partial charge in [0.25, 0.3) is 0 Å². The van der Waals surface area contributed by atoms with Crippen LogP contribution in [0, 0.1) is 0 Å². The summed E-state index contributed by atoms with van der Waals surface area (Å²) in [6, 6.07) is 17.1. The van der Waals surface area contributed by atoms with Crippen LogP contribution in [0.5, 0.6) is 0 Å². The van der Waals surface area contributed by atoms with E-state index >= 15 is 0 Å². The third kappa shape index (κ3) is 2.44. The molecular weight excluding hydrogens is 272 g/mol. The van der Waals surface area contributed by atoms with Crippen LogP contribution >= 0.6 is 0 Å². The van der Waals surface area contributed by atoms with Gasteiger partial charge in [0, 0.05) is 22.6 Å². The van der Waals surface area contributed by atoms with Crippen molar-refractivity contribution in [1.29, 1.82) is 0 Å². The van der Waals surface area contributed by atoms with Gasteiger partial charge in [0.2, 0.25) is 0 Å². The summed E-state index contributed by atoms with van der Waals surface area (Å²) in [5.41, 5.74) is 12.7. The fourth-order valence-corrected chi connectivity index (χ4v) is 3.21. The number of hydrogen-bond donors (Lipinski definition) is 2. The van der Waals surface area contributed by atoms with Crippen LogP contribution in [0.4, 0.5) is 0 Å². The Morgan fingerprint density at radius 1 is 1.14 bits per heavy atom. The number of benzene rings is 2. The molecule has 1 aliphatic carbocycles. The largest absolute Gasteiger partial charge is 0.354 e. The molecule has 0 saturated carbocycles. The van der Waals surface area contributed by atoms with Crippen molar-refractivity contribution in [2.75, 3.05) is 0 Å². The molecule has 1 aliphatic rings. The second kappa shape index (κ2) is 6.16. The maximum absolute atomic E-state index is 8.81. The van der Waals surface area contributed by atoms with E-state index in [9.17, 15) is 0 Å². The fourth-order valence-electron chi connectivity index (χ4n) is 3.21. The van der Waals surface area contributed by atoms with Gasteiger partial charge in [0.1, 0.15) is 6.29 Å². The number of carbonyl (C=O) groups excluding carboxylic acids is 1. The molecule has 0 spiro atoms. The van der Waals surface area contributed by atoms with Crippen molar-refractivity contribution in [3.8, 4) is 11.3 Å². The molecule has 112 valence electrons. The van der Waals surface area contributed by atoms with Crippen LogP contribution in [0.25, 0.3) is 22.2 Å². The van der Waals surface area contributed by atoms with E-state index in [2.05, 4.69) is 53.5 Å². The summed E-state index contributed by atoms with van der Waals surface area (Å²) in [7, 11) is 0. The summed E-state index contributed by atoms with van der Waals surface area (Å²) in [5.74, 6) is 0. The van der Waals surface area contributed by atoms with Crippen LogP contribution in [0.3, 0.4) is 0 Å². The molecule has 1 aromatic heterocycles. The molecule has 3 N–H and O–H groups in total. The first-order chi connectivity index (χ1) is 10.8. The van der Waals surface area contributed by atoms with Crippen LogP contribution in [-0.2, 0) is 11.2 Å². The SMILES string of the molecule is CC=O.NC1CCc2c(-c3ccccc3)[nH]c3cccc1c23. The van der Waals surface area contributed by atoms with Gasteiger partial charge in [0.05, 0.1) is 0 Å². The number of rotatable bonds is 1. The van der Waals surface area contributed by atoms with E-state index < -0.39 is 0 Å². The number of aldehydes is 1. The van der Waals surface area contributed by atoms with Gasteiger partial charge in [0.15, 0.2) is 0 Å². The van der Waals surface area contributed by atoms with E-state index in [1.54, 1.807) is 0 Å². The summed E-state index contributed by atoms with van der Waals surface area (Å²) >= 11 is 0. The van der Waals surface area contributed by atoms with E-state index in [-0.39, 0.29) is 6.04 Å². The minimum Gasteiger partial charge on any atom is -0.354 e. The Labute approximate surface area is 130 Å². The highest BCUT2D eigenvalue weighted by molar-refractivity contribution is 5.94. The van der Waals surface area contributed by atoms with Crippen LogP contribution in [0.2, 0.25) is 0 Å². The highest BCUT2D eigenvalue weighted by Crippen LogP contribution is 2.39. The molecule has 3 nitrogen and oxygen atoms in total. The maximum atomic E-state index is 8.81. The Bertz CT molecular complexity index is 790. The zero-order valence-corrected chi connectivity index (χ0v) is 12.7. The Kier molecular flexibility index (Phi) is 4.07. The number of carbonyl (C=O) groups is 1. The lowest BCUT2D eigenvalue weighted by molar-refractivity contribution is -0.106. The smallest absolute Gasteiger partial charge is 0.116 e. The molecule has 0 aliphatic heterocycles. The average molecular weight is 292 g/mol. The molecule has 3 heteroatoms. The monoisotopic (exact) mass is 292 g/mol. The van der Waals surface area contributed by atoms with Gasteiger partial charge in [-0.15, -0.1) is 0 Å². The lowest BCUT2D eigenvalue weighted by atomic mass is 9.87. The number of aromatic nitrogens is 1. The molecule has 0 bridgehead atoms. The molecule has 0 saturated heterocycles. The second-order valence-corrected chi connectivity index (χ2v) is 5.50. The number of hydrogen-bond acceptors (Lipinski definition) is 2. The summed E-state index contributed by atoms with van der Waals surface area (Å²) in [6.45, 7) is 1.44. The molecular formula is C19H20N2O. The molecule has 22 heavy (non-hydrogen) atoms. The van der Waals surface area contributed by atoms with Crippen LogP contribution < -0.4 is 5.73 Å². The van der Waals surface area contributed by atoms with Gasteiger partial charge in [-0.1, -0.05) is 42.5 Å². The summed E-state index contributed by atoms with van der Waals surface area (Å²) in [6.07, 6.45) is 2.84. The lowest BCUT2D eigenvalue weighted by Gasteiger charge is -2.20. The molecule has 0 amide bonds. The highest BCUT2D eigenvalue weighted by atomic mass is 16.1. The second-order valence-electron chi connectivity index (χ2n) is 5.50. The topological polar surface area (TPSA) is 58.9 Å². The van der Waals surface area contributed by atoms with E-state index in [4.69, 9.17) is 10.5 Å². The lowest BCUT2D eigenvalue weighted by Crippen LogP contribution is -2.15. The quantitative estimate of drug-likeness (QED) is 0.666. The number of nitrogens with two attached hydrogens (primary N) is 1. The molecule has 0 radical (unpaired) electrons. The van der Waals surface area contributed by atoms with Gasteiger partial charge in [-0.05, 0) is 42.5 Å². The molecule has 1 heterocycles. The fraction of sp³-hybridized carbons (Fsp3) is 0.211. The summed E-state index contributed by atoms with van der Waals surface area (Å²) < 4.78 is 0. The van der Waals surface area contributed by atoms with Gasteiger partial charge in [-0.2, -0.15) is 0 Å². The third-order valence-electron chi connectivity index (χ3n) is 4.13. The van der Waals surface area contributed by atoms with Crippen LogP contribution in [0.1, 0.15) is 30.5 Å². The van der Waals surface area contributed by atoms with Crippen molar-refractivity contribution in [2.45, 2.75) is 25.8 Å². The van der Waals surface area contributed by atoms with Crippen molar-refractivity contribution in [1.82, 2.24) is 4.98 Å². The first-order valence-corrected chi connectivity index (χ1v) is 7.60. The van der Waals surface area contributed by atoms with Crippen molar-refractivity contribution >= 4 is 17.2 Å². The van der Waals surface area contributed by atoms with Gasteiger partial charge in [-0.25, -0.2) is 0 Å². The zero-order valence-electron chi connectivity index (χ0n) is 12.7. The maximum Gasteiger partial charge on any atom is 0.116 e. The normalized spacial score (nSPS) is 16.0. The van der Waals surface area contributed by atoms with E-state index in [0.29, 0.717) is 0 Å². The molecule has 2 aromatic carbocycles. The first kappa shape index (κ1) is 14.5. The van der Waals surface area contributed by atoms with E-state index in [1.807, 2.05) is 0 Å². The van der Waals surface area contributed by atoms with Crippen molar-refractivity contribution < 1.29 is 4.79 Å². The predicted molar refractivity (Wildman–Crippen MR) is 90.7 cm³/mol. The Morgan fingerprint density at radius 2 is 1.86 bits per heavy atom. The van der Waals surface area contributed by atoms with Crippen molar-refractivity contribution in [3.63, 3.8) is 0 Å². The minimum absolute atomic E-state index is 0.177. The van der Waals surface area contributed by atoms with E-state index in [0.717, 1.165) is 19.1 Å². The number of aromatic amines is 1. The van der Waals surface area contributed by atoms with Crippen molar-refractivity contribution in [3.05, 3.63) is 59.7 Å². The summed E-state index contributed by atoms with van der Waals surface area (Å²) in [4.78, 5) is 12.4. The first-order valence-electron chi connectivity index (χ1n) is 7.60. The molecule has 1 unspecified atom stereocenters. The van der Waals surface area contributed by atoms with Crippen LogP contribution in [0.15, 0.2) is 48.5 Å². The van der Waals surface area contributed by atoms with Crippen LogP contribution in [-0.4, -0.2) is 11.3 Å². The number of nitrogens with one attached hydrogen (secondary N) is 1. The Hall–Kier alpha value is -2.39. The standard InChI is InChI=1S/C17H16N2.C2H4O/c18-14-10-9-13-16-12(14)7-4-8-15(16)19-17(13)11-5-2-1-3-6-11;1-2-3/h1-8,14,19H,9-10,18H2;2H,1H3. The molecule has 1 atom stereocenters. The molecule has 0 fully saturated rings. The zero-order chi connectivity index (χ0) is 15.5. The van der Waals surface area contributed by atoms with E-state index in [1.165, 1.54) is 40.2 Å². The van der Waals surface area contributed by atoms with Gasteiger partial charge < -0.3 is 15.5 Å². The highest BCUT2D eigenvalue weighted by Gasteiger charge is 2.23. The molecule has 3 aromatic rings. The Morgan fingerprint density at radius 3 is 2.59 bits per heavy atom. The number of H-pyrrole nitrogens is 1. The molecule has 4 rings (SSSR count). The third-order valence-corrected chi connectivity index (χ3v) is 4.13. The van der Waals surface area contributed by atoms with Gasteiger partial charge >= 0.3 is 0 Å². The predicted octanol–water partition coefficient (Wildman–Crippen LogP) is 3.99. The Balaban J connectivity index is 0.000000446. The number of aryl methyl sites for hydroxylation is 1. The average Bonchev–Trinajstić information content (AvgIpc) is 2.93. The van der Waals surface area contributed by atoms with Crippen molar-refractivity contribution in [2.24, 2.45) is 5.73 Å². The van der Waals surface area contributed by atoms with Gasteiger partial charge in [-0.3, -0.25) is 0 Å². The summed E-state index contributed by atoms with van der Waals surface area (Å²) in [5, 5.41) is 1.35. The minimum atomic E-state index is 0.177.